The second-order valence-electron chi connectivity index (χ2n) is 6.74. The van der Waals surface area contributed by atoms with Gasteiger partial charge in [-0.2, -0.15) is 0 Å². The first-order chi connectivity index (χ1) is 14.3. The van der Waals surface area contributed by atoms with E-state index in [1.807, 2.05) is 23.7 Å². The molecule has 31 heavy (non-hydrogen) atoms. The number of nitrogens with one attached hydrogen (secondary N) is 2. The van der Waals surface area contributed by atoms with Crippen LogP contribution in [0, 0.1) is 6.92 Å². The number of urea groups is 1. The number of nitrogens with zero attached hydrogens (tertiary/aromatic N) is 3. The third kappa shape index (κ3) is 5.94. The first kappa shape index (κ1) is 24.6. The van der Waals surface area contributed by atoms with Gasteiger partial charge in [0, 0.05) is 26.5 Å². The maximum Gasteiger partial charge on any atom is 0.317 e. The van der Waals surface area contributed by atoms with Gasteiger partial charge in [0.2, 0.25) is 12.1 Å². The monoisotopic (exact) mass is 485 g/mol. The van der Waals surface area contributed by atoms with Crippen LogP contribution in [-0.2, 0) is 4.79 Å². The van der Waals surface area contributed by atoms with Crippen molar-refractivity contribution < 1.29 is 14.3 Å². The van der Waals surface area contributed by atoms with Crippen molar-refractivity contribution in [1.82, 2.24) is 24.9 Å². The summed E-state index contributed by atoms with van der Waals surface area (Å²) in [6.45, 7) is 1.63. The summed E-state index contributed by atoms with van der Waals surface area (Å²) in [6.07, 6.45) is 2.70. The van der Waals surface area contributed by atoms with Crippen LogP contribution in [-0.4, -0.2) is 46.9 Å². The summed E-state index contributed by atoms with van der Waals surface area (Å²) in [5.74, 6) is -0.0399. The first-order valence-electron chi connectivity index (χ1n) is 9.05. The molecule has 0 bridgehead atoms. The van der Waals surface area contributed by atoms with Gasteiger partial charge in [0.25, 0.3) is 0 Å². The van der Waals surface area contributed by atoms with Crippen molar-refractivity contribution in [3.05, 3.63) is 64.0 Å². The molecule has 0 spiro atoms. The molecule has 0 saturated heterocycles. The summed E-state index contributed by atoms with van der Waals surface area (Å²) in [6, 6.07) is 8.14. The van der Waals surface area contributed by atoms with Crippen molar-refractivity contribution >= 4 is 53.2 Å². The lowest BCUT2D eigenvalue weighted by molar-refractivity contribution is -0.122. The Morgan fingerprint density at radius 3 is 2.52 bits per heavy atom. The molecule has 0 aliphatic rings. The van der Waals surface area contributed by atoms with Crippen LogP contribution in [0.4, 0.5) is 4.79 Å². The van der Waals surface area contributed by atoms with Crippen LogP contribution < -0.4 is 15.4 Å². The summed E-state index contributed by atoms with van der Waals surface area (Å²) < 4.78 is 7.92. The van der Waals surface area contributed by atoms with E-state index in [9.17, 15) is 9.59 Å². The fourth-order valence-electron chi connectivity index (χ4n) is 2.76. The number of hydrogen-bond donors (Lipinski definition) is 2. The van der Waals surface area contributed by atoms with Crippen molar-refractivity contribution in [3.63, 3.8) is 0 Å². The predicted octanol–water partition coefficient (Wildman–Crippen LogP) is 3.84. The number of carbonyl (C=O) groups excluding carboxylic acids is 2. The smallest absolute Gasteiger partial charge is 0.317 e. The van der Waals surface area contributed by atoms with Crippen LogP contribution in [0.5, 0.6) is 5.75 Å². The number of rotatable bonds is 6. The minimum Gasteiger partial charge on any atom is -0.462 e. The van der Waals surface area contributed by atoms with E-state index in [0.29, 0.717) is 27.0 Å². The molecular formula is C20H22Cl3N5O3. The normalized spacial score (nSPS) is 11.4. The number of imidazole rings is 1. The Kier molecular flexibility index (Phi) is 8.38. The first-order valence-corrected chi connectivity index (χ1v) is 9.81. The highest BCUT2D eigenvalue weighted by Crippen LogP contribution is 2.33. The minimum absolute atomic E-state index is 0. The van der Waals surface area contributed by atoms with Crippen LogP contribution in [0.1, 0.15) is 17.5 Å². The van der Waals surface area contributed by atoms with E-state index >= 15 is 0 Å². The molecule has 0 fully saturated rings. The molecule has 8 nitrogen and oxygen atoms in total. The number of ether oxygens (including phenoxy) is 1. The Labute approximate surface area is 195 Å². The molecule has 166 valence electrons. The molecule has 3 rings (SSSR count). The zero-order valence-electron chi connectivity index (χ0n) is 17.1. The summed E-state index contributed by atoms with van der Waals surface area (Å²) in [5.41, 5.74) is 1.80. The van der Waals surface area contributed by atoms with Gasteiger partial charge >= 0.3 is 6.03 Å². The molecule has 1 aromatic carbocycles. The van der Waals surface area contributed by atoms with Crippen LogP contribution >= 0.6 is 35.6 Å². The van der Waals surface area contributed by atoms with Gasteiger partial charge < -0.3 is 24.7 Å². The van der Waals surface area contributed by atoms with Crippen molar-refractivity contribution in [2.24, 2.45) is 0 Å². The maximum absolute atomic E-state index is 12.5. The van der Waals surface area contributed by atoms with Crippen LogP contribution in [0.25, 0.3) is 5.65 Å². The van der Waals surface area contributed by atoms with Crippen LogP contribution in [0.3, 0.4) is 0 Å². The van der Waals surface area contributed by atoms with Crippen LogP contribution in [0.15, 0.2) is 42.7 Å². The number of hydrogen-bond acceptors (Lipinski definition) is 4. The van der Waals surface area contributed by atoms with E-state index in [2.05, 4.69) is 15.6 Å². The van der Waals surface area contributed by atoms with Gasteiger partial charge in [0.1, 0.15) is 0 Å². The van der Waals surface area contributed by atoms with Gasteiger partial charge in [-0.15, -0.1) is 12.4 Å². The average Bonchev–Trinajstić information content (AvgIpc) is 3.07. The number of aryl methyl sites for hydroxylation is 1. The molecule has 1 atom stereocenters. The minimum atomic E-state index is -1.00. The third-order valence-electron chi connectivity index (χ3n) is 4.17. The molecule has 0 saturated carbocycles. The van der Waals surface area contributed by atoms with Crippen molar-refractivity contribution in [1.29, 1.82) is 0 Å². The zero-order valence-corrected chi connectivity index (χ0v) is 19.4. The SMILES string of the molecule is Cc1cn2cccc(OC(NC(=O)CNC(=O)N(C)C)c3c(Cl)cccc3Cl)c2n1.Cl. The molecule has 2 heterocycles. The lowest BCUT2D eigenvalue weighted by Crippen LogP contribution is -2.43. The largest absolute Gasteiger partial charge is 0.462 e. The lowest BCUT2D eigenvalue weighted by Gasteiger charge is -2.23. The van der Waals surface area contributed by atoms with E-state index in [0.717, 1.165) is 5.69 Å². The second-order valence-corrected chi connectivity index (χ2v) is 7.55. The topological polar surface area (TPSA) is 88.0 Å². The van der Waals surface area contributed by atoms with E-state index in [1.54, 1.807) is 44.4 Å². The number of amides is 3. The fraction of sp³-hybridized carbons (Fsp3) is 0.250. The number of fused-ring (bicyclic) bond motifs is 1. The van der Waals surface area contributed by atoms with Gasteiger partial charge in [-0.1, -0.05) is 29.3 Å². The molecule has 0 aliphatic carbocycles. The molecule has 0 radical (unpaired) electrons. The quantitative estimate of drug-likeness (QED) is 0.518. The lowest BCUT2D eigenvalue weighted by atomic mass is 10.2. The Morgan fingerprint density at radius 2 is 1.87 bits per heavy atom. The molecular weight excluding hydrogens is 465 g/mol. The van der Waals surface area contributed by atoms with E-state index in [1.165, 1.54) is 4.90 Å². The van der Waals surface area contributed by atoms with Crippen molar-refractivity contribution in [3.8, 4) is 5.75 Å². The Morgan fingerprint density at radius 1 is 1.19 bits per heavy atom. The predicted molar refractivity (Wildman–Crippen MR) is 122 cm³/mol. The standard InChI is InChI=1S/C20H21Cl2N5O3.ClH/c1-12-11-27-9-5-8-15(18(27)24-12)30-19(17-13(21)6-4-7-14(17)22)25-16(28)10-23-20(29)26(2)3;/h4-9,11,19H,10H2,1-3H3,(H,23,29)(H,25,28);1H. The van der Waals surface area contributed by atoms with Gasteiger partial charge in [-0.05, 0) is 31.2 Å². The van der Waals surface area contributed by atoms with Gasteiger partial charge in [-0.25, -0.2) is 9.78 Å². The number of carbonyl (C=O) groups is 2. The Balaban J connectivity index is 0.00000341. The number of benzene rings is 1. The highest BCUT2D eigenvalue weighted by atomic mass is 35.5. The highest BCUT2D eigenvalue weighted by Gasteiger charge is 2.24. The summed E-state index contributed by atoms with van der Waals surface area (Å²) in [5, 5.41) is 5.89. The van der Waals surface area contributed by atoms with E-state index in [4.69, 9.17) is 27.9 Å². The molecule has 0 aliphatic heterocycles. The second kappa shape index (κ2) is 10.6. The summed E-state index contributed by atoms with van der Waals surface area (Å²) in [4.78, 5) is 30.0. The molecule has 11 heteroatoms. The number of pyridine rings is 1. The summed E-state index contributed by atoms with van der Waals surface area (Å²) >= 11 is 12.7. The van der Waals surface area contributed by atoms with Crippen LogP contribution in [0.2, 0.25) is 10.0 Å². The number of halogens is 3. The molecule has 1 unspecified atom stereocenters. The highest BCUT2D eigenvalue weighted by molar-refractivity contribution is 6.36. The van der Waals surface area contributed by atoms with E-state index < -0.39 is 18.2 Å². The summed E-state index contributed by atoms with van der Waals surface area (Å²) in [7, 11) is 3.16. The molecule has 3 amide bonds. The fourth-order valence-corrected chi connectivity index (χ4v) is 3.36. The maximum atomic E-state index is 12.5. The average molecular weight is 487 g/mol. The van der Waals surface area contributed by atoms with Gasteiger partial charge in [-0.3, -0.25) is 4.79 Å². The zero-order chi connectivity index (χ0) is 21.8. The van der Waals surface area contributed by atoms with Gasteiger partial charge in [0.15, 0.2) is 11.4 Å². The van der Waals surface area contributed by atoms with E-state index in [-0.39, 0.29) is 19.0 Å². The Bertz CT molecular complexity index is 1070. The Hall–Kier alpha value is -2.68. The van der Waals surface area contributed by atoms with Gasteiger partial charge in [0.05, 0.1) is 27.8 Å². The number of aromatic nitrogens is 2. The third-order valence-corrected chi connectivity index (χ3v) is 4.83. The van der Waals surface area contributed by atoms with Crippen molar-refractivity contribution in [2.75, 3.05) is 20.6 Å². The molecule has 2 N–H and O–H groups in total. The molecule has 3 aromatic rings. The molecule has 2 aromatic heterocycles. The van der Waals surface area contributed by atoms with Crippen molar-refractivity contribution in [2.45, 2.75) is 13.2 Å².